The lowest BCUT2D eigenvalue weighted by molar-refractivity contribution is -0.123. The number of rotatable bonds is 5. The van der Waals surface area contributed by atoms with Gasteiger partial charge in [-0.15, -0.1) is 0 Å². The Morgan fingerprint density at radius 3 is 2.50 bits per heavy atom. The van der Waals surface area contributed by atoms with Crippen LogP contribution in [0.4, 0.5) is 5.69 Å². The highest BCUT2D eigenvalue weighted by Gasteiger charge is 2.07. The Hall–Kier alpha value is -3.21. The van der Waals surface area contributed by atoms with Gasteiger partial charge >= 0.3 is 0 Å². The Kier molecular flexibility index (Phi) is 4.81. The van der Waals surface area contributed by atoms with E-state index < -0.39 is 0 Å². The smallest absolute Gasteiger partial charge is 0.243 e. The van der Waals surface area contributed by atoms with Gasteiger partial charge in [-0.2, -0.15) is 0 Å². The van der Waals surface area contributed by atoms with Crippen molar-refractivity contribution in [3.63, 3.8) is 0 Å². The fourth-order valence-corrected chi connectivity index (χ4v) is 2.37. The van der Waals surface area contributed by atoms with E-state index in [1.807, 2.05) is 60.7 Å². The van der Waals surface area contributed by atoms with Gasteiger partial charge in [0.15, 0.2) is 0 Å². The molecule has 0 atom stereocenters. The second-order valence-corrected chi connectivity index (χ2v) is 5.40. The number of para-hydroxylation sites is 1. The van der Waals surface area contributed by atoms with E-state index in [4.69, 9.17) is 0 Å². The van der Waals surface area contributed by atoms with Crippen LogP contribution in [0.3, 0.4) is 0 Å². The summed E-state index contributed by atoms with van der Waals surface area (Å²) >= 11 is 0. The van der Waals surface area contributed by atoms with E-state index in [0.717, 1.165) is 16.5 Å². The van der Waals surface area contributed by atoms with E-state index in [1.54, 1.807) is 6.20 Å². The van der Waals surface area contributed by atoms with Crippen molar-refractivity contribution in [2.24, 2.45) is 0 Å². The number of benzene rings is 2. The van der Waals surface area contributed by atoms with Gasteiger partial charge in [-0.3, -0.25) is 14.6 Å². The predicted octanol–water partition coefficient (Wildman–Crippen LogP) is 2.53. The molecule has 120 valence electrons. The van der Waals surface area contributed by atoms with Crippen molar-refractivity contribution >= 4 is 28.4 Å². The number of pyridine rings is 1. The highest BCUT2D eigenvalue weighted by atomic mass is 16.2. The first kappa shape index (κ1) is 15.7. The lowest BCUT2D eigenvalue weighted by Gasteiger charge is -2.07. The summed E-state index contributed by atoms with van der Waals surface area (Å²) < 4.78 is 0. The van der Waals surface area contributed by atoms with Gasteiger partial charge in [0.05, 0.1) is 30.4 Å². The van der Waals surface area contributed by atoms with E-state index in [2.05, 4.69) is 15.6 Å². The van der Waals surface area contributed by atoms with Gasteiger partial charge in [0.25, 0.3) is 0 Å². The average Bonchev–Trinajstić information content (AvgIpc) is 2.61. The van der Waals surface area contributed by atoms with E-state index >= 15 is 0 Å². The van der Waals surface area contributed by atoms with Gasteiger partial charge in [0, 0.05) is 5.39 Å². The van der Waals surface area contributed by atoms with Gasteiger partial charge in [-0.1, -0.05) is 48.5 Å². The summed E-state index contributed by atoms with van der Waals surface area (Å²) in [5.74, 6) is -0.471. The zero-order chi connectivity index (χ0) is 16.8. The number of aromatic nitrogens is 1. The summed E-state index contributed by atoms with van der Waals surface area (Å²) in [5.41, 5.74) is 2.39. The van der Waals surface area contributed by atoms with Crippen molar-refractivity contribution in [3.8, 4) is 0 Å². The van der Waals surface area contributed by atoms with E-state index in [-0.39, 0.29) is 24.8 Å². The zero-order valence-electron chi connectivity index (χ0n) is 13.0. The molecule has 24 heavy (non-hydrogen) atoms. The molecule has 0 fully saturated rings. The van der Waals surface area contributed by atoms with Gasteiger partial charge in [-0.25, -0.2) is 0 Å². The van der Waals surface area contributed by atoms with Crippen LogP contribution in [0.1, 0.15) is 5.56 Å². The number of carbonyl (C=O) groups excluding carboxylic acids is 2. The minimum Gasteiger partial charge on any atom is -0.347 e. The van der Waals surface area contributed by atoms with Crippen molar-refractivity contribution in [3.05, 3.63) is 72.4 Å². The van der Waals surface area contributed by atoms with Crippen LogP contribution in [0.15, 0.2) is 66.9 Å². The van der Waals surface area contributed by atoms with Crippen LogP contribution in [-0.4, -0.2) is 23.3 Å². The molecule has 1 heterocycles. The summed E-state index contributed by atoms with van der Waals surface area (Å²) in [4.78, 5) is 28.1. The Morgan fingerprint density at radius 2 is 1.67 bits per heavy atom. The molecular formula is C19H17N3O2. The molecule has 0 saturated heterocycles. The molecular weight excluding hydrogens is 302 g/mol. The lowest BCUT2D eigenvalue weighted by atomic mass is 10.1. The first-order valence-corrected chi connectivity index (χ1v) is 7.66. The lowest BCUT2D eigenvalue weighted by Crippen LogP contribution is -2.33. The summed E-state index contributed by atoms with van der Waals surface area (Å²) in [6.45, 7) is -0.0709. The number of fused-ring (bicyclic) bond motifs is 1. The number of hydrogen-bond donors (Lipinski definition) is 2. The van der Waals surface area contributed by atoms with Crippen LogP contribution in [0.5, 0.6) is 0 Å². The summed E-state index contributed by atoms with van der Waals surface area (Å²) in [5, 5.41) is 6.30. The van der Waals surface area contributed by atoms with Crippen molar-refractivity contribution < 1.29 is 9.59 Å². The zero-order valence-corrected chi connectivity index (χ0v) is 13.0. The van der Waals surface area contributed by atoms with E-state index in [9.17, 15) is 9.59 Å². The molecule has 1 aromatic heterocycles. The summed E-state index contributed by atoms with van der Waals surface area (Å²) in [7, 11) is 0. The van der Waals surface area contributed by atoms with Crippen molar-refractivity contribution in [1.82, 2.24) is 10.3 Å². The molecule has 0 unspecified atom stereocenters. The van der Waals surface area contributed by atoms with Crippen molar-refractivity contribution in [1.29, 1.82) is 0 Å². The number of nitrogens with one attached hydrogen (secondary N) is 2. The molecule has 0 saturated carbocycles. The van der Waals surface area contributed by atoms with Crippen LogP contribution in [0.25, 0.3) is 10.9 Å². The largest absolute Gasteiger partial charge is 0.347 e. The molecule has 5 heteroatoms. The Balaban J connectivity index is 1.52. The molecule has 2 amide bonds. The number of hydrogen-bond acceptors (Lipinski definition) is 3. The fourth-order valence-electron chi connectivity index (χ4n) is 2.37. The van der Waals surface area contributed by atoms with Gasteiger partial charge in [0.1, 0.15) is 0 Å². The Bertz CT molecular complexity index is 863. The average molecular weight is 319 g/mol. The van der Waals surface area contributed by atoms with Crippen molar-refractivity contribution in [2.75, 3.05) is 11.9 Å². The second kappa shape index (κ2) is 7.37. The maximum atomic E-state index is 12.0. The first-order valence-electron chi connectivity index (χ1n) is 7.66. The normalized spacial score (nSPS) is 10.3. The number of amides is 2. The van der Waals surface area contributed by atoms with Crippen LogP contribution in [-0.2, 0) is 16.0 Å². The molecule has 2 N–H and O–H groups in total. The van der Waals surface area contributed by atoms with Gasteiger partial charge in [-0.05, 0) is 17.7 Å². The third-order valence-corrected chi connectivity index (χ3v) is 3.53. The Morgan fingerprint density at radius 1 is 0.917 bits per heavy atom. The summed E-state index contributed by atoms with van der Waals surface area (Å²) in [6.07, 6.45) is 1.86. The molecule has 0 bridgehead atoms. The minimum atomic E-state index is -0.284. The molecule has 3 rings (SSSR count). The molecule has 0 spiro atoms. The third kappa shape index (κ3) is 4.16. The quantitative estimate of drug-likeness (QED) is 0.759. The second-order valence-electron chi connectivity index (χ2n) is 5.40. The summed E-state index contributed by atoms with van der Waals surface area (Å²) in [6, 6.07) is 18.9. The molecule has 0 radical (unpaired) electrons. The van der Waals surface area contributed by atoms with Crippen LogP contribution >= 0.6 is 0 Å². The first-order chi connectivity index (χ1) is 11.7. The Labute approximate surface area is 139 Å². The SMILES string of the molecule is O=C(Cc1ccccc1)NCC(=O)Nc1cnc2ccccc2c1. The highest BCUT2D eigenvalue weighted by molar-refractivity contribution is 5.96. The molecule has 3 aromatic rings. The number of nitrogens with zero attached hydrogens (tertiary/aromatic N) is 1. The molecule has 0 aliphatic rings. The van der Waals surface area contributed by atoms with Gasteiger partial charge in [0.2, 0.25) is 11.8 Å². The van der Waals surface area contributed by atoms with E-state index in [0.29, 0.717) is 5.69 Å². The van der Waals surface area contributed by atoms with Crippen molar-refractivity contribution in [2.45, 2.75) is 6.42 Å². The molecule has 0 aliphatic carbocycles. The maximum absolute atomic E-state index is 12.0. The molecule has 0 aliphatic heterocycles. The molecule has 5 nitrogen and oxygen atoms in total. The molecule has 2 aromatic carbocycles. The van der Waals surface area contributed by atoms with E-state index in [1.165, 1.54) is 0 Å². The van der Waals surface area contributed by atoms with Crippen LogP contribution < -0.4 is 10.6 Å². The maximum Gasteiger partial charge on any atom is 0.243 e. The standard InChI is InChI=1S/C19H17N3O2/c23-18(10-14-6-2-1-3-7-14)21-13-19(24)22-16-11-15-8-4-5-9-17(15)20-12-16/h1-9,11-12H,10,13H2,(H,21,23)(H,22,24). The fraction of sp³-hybridized carbons (Fsp3) is 0.105. The van der Waals surface area contributed by atoms with Crippen LogP contribution in [0, 0.1) is 0 Å². The van der Waals surface area contributed by atoms with Gasteiger partial charge < -0.3 is 10.6 Å². The highest BCUT2D eigenvalue weighted by Crippen LogP contribution is 2.15. The minimum absolute atomic E-state index is 0.0709. The van der Waals surface area contributed by atoms with Crippen LogP contribution in [0.2, 0.25) is 0 Å². The topological polar surface area (TPSA) is 71.1 Å². The monoisotopic (exact) mass is 319 g/mol. The third-order valence-electron chi connectivity index (χ3n) is 3.53. The predicted molar refractivity (Wildman–Crippen MR) is 93.5 cm³/mol. The number of anilines is 1. The number of carbonyl (C=O) groups is 2.